The van der Waals surface area contributed by atoms with Crippen molar-refractivity contribution in [3.63, 3.8) is 0 Å². The lowest BCUT2D eigenvalue weighted by Crippen LogP contribution is -2.36. The van der Waals surface area contributed by atoms with Crippen LogP contribution in [-0.2, 0) is 5.60 Å². The normalized spacial score (nSPS) is 15.4. The van der Waals surface area contributed by atoms with Crippen LogP contribution in [-0.4, -0.2) is 29.5 Å². The number of halogens is 3. The number of hydrogen-bond acceptors (Lipinski definition) is 3. The van der Waals surface area contributed by atoms with Crippen LogP contribution in [0, 0.1) is 0 Å². The van der Waals surface area contributed by atoms with Crippen molar-refractivity contribution in [1.82, 2.24) is 5.32 Å². The van der Waals surface area contributed by atoms with Gasteiger partial charge in [-0.25, -0.2) is 0 Å². The van der Waals surface area contributed by atoms with Gasteiger partial charge < -0.3 is 10.4 Å². The maximum atomic E-state index is 11.9. The molecule has 1 atom stereocenters. The maximum absolute atomic E-state index is 11.9. The lowest BCUT2D eigenvalue weighted by atomic mass is 9.96. The van der Waals surface area contributed by atoms with E-state index in [9.17, 15) is 18.3 Å². The number of thioether (sulfide) groups is 1. The van der Waals surface area contributed by atoms with E-state index < -0.39 is 11.1 Å². The van der Waals surface area contributed by atoms with Gasteiger partial charge >= 0.3 is 5.51 Å². The molecule has 2 N–H and O–H groups in total. The molecular formula is C12H16F3NOS. The van der Waals surface area contributed by atoms with Crippen molar-refractivity contribution >= 4 is 11.8 Å². The number of rotatable bonds is 6. The lowest BCUT2D eigenvalue weighted by Gasteiger charge is -2.24. The van der Waals surface area contributed by atoms with Crippen LogP contribution in [0.3, 0.4) is 0 Å². The molecule has 6 heteroatoms. The van der Waals surface area contributed by atoms with Gasteiger partial charge in [-0.1, -0.05) is 30.3 Å². The van der Waals surface area contributed by atoms with Crippen molar-refractivity contribution in [1.29, 1.82) is 0 Å². The Labute approximate surface area is 109 Å². The molecule has 0 saturated carbocycles. The minimum atomic E-state index is -4.19. The number of hydrogen-bond donors (Lipinski definition) is 2. The van der Waals surface area contributed by atoms with Crippen molar-refractivity contribution in [2.75, 3.05) is 18.8 Å². The van der Waals surface area contributed by atoms with Crippen LogP contribution < -0.4 is 5.32 Å². The van der Waals surface area contributed by atoms with Crippen LogP contribution in [0.15, 0.2) is 30.3 Å². The van der Waals surface area contributed by atoms with Gasteiger partial charge in [0.1, 0.15) is 0 Å². The van der Waals surface area contributed by atoms with E-state index in [1.807, 2.05) is 18.2 Å². The van der Waals surface area contributed by atoms with E-state index in [1.165, 1.54) is 0 Å². The van der Waals surface area contributed by atoms with Crippen LogP contribution in [0.25, 0.3) is 0 Å². The monoisotopic (exact) mass is 279 g/mol. The fourth-order valence-corrected chi connectivity index (χ4v) is 1.95. The van der Waals surface area contributed by atoms with Gasteiger partial charge in [0.2, 0.25) is 0 Å². The Morgan fingerprint density at radius 3 is 2.39 bits per heavy atom. The second-order valence-electron chi connectivity index (χ2n) is 4.11. The first kappa shape index (κ1) is 15.3. The quantitative estimate of drug-likeness (QED) is 0.785. The summed E-state index contributed by atoms with van der Waals surface area (Å²) in [5.41, 5.74) is -4.53. The molecule has 0 bridgehead atoms. The number of alkyl halides is 3. The van der Waals surface area contributed by atoms with E-state index in [-0.39, 0.29) is 30.6 Å². The SMILES string of the molecule is CC(O)(CNCCSC(F)(F)F)c1ccccc1. The topological polar surface area (TPSA) is 32.3 Å². The van der Waals surface area contributed by atoms with E-state index in [4.69, 9.17) is 0 Å². The minimum absolute atomic E-state index is 0.0611. The van der Waals surface area contributed by atoms with Crippen molar-refractivity contribution < 1.29 is 18.3 Å². The van der Waals surface area contributed by atoms with Gasteiger partial charge in [0, 0.05) is 18.8 Å². The highest BCUT2D eigenvalue weighted by Gasteiger charge is 2.27. The van der Waals surface area contributed by atoms with Gasteiger partial charge in [-0.2, -0.15) is 13.2 Å². The van der Waals surface area contributed by atoms with Crippen LogP contribution in [0.1, 0.15) is 12.5 Å². The average molecular weight is 279 g/mol. The van der Waals surface area contributed by atoms with E-state index in [0.717, 1.165) is 5.56 Å². The summed E-state index contributed by atoms with van der Waals surface area (Å²) in [6, 6.07) is 9.03. The second-order valence-corrected chi connectivity index (χ2v) is 5.27. The van der Waals surface area contributed by atoms with E-state index in [0.29, 0.717) is 0 Å². The molecule has 0 aliphatic heterocycles. The summed E-state index contributed by atoms with van der Waals surface area (Å²) in [6.45, 7) is 2.05. The largest absolute Gasteiger partial charge is 0.441 e. The van der Waals surface area contributed by atoms with Gasteiger partial charge in [0.05, 0.1) is 5.60 Å². The molecule has 0 amide bonds. The Balaban J connectivity index is 2.30. The van der Waals surface area contributed by atoms with Gasteiger partial charge in [0.25, 0.3) is 0 Å². The summed E-state index contributed by atoms with van der Waals surface area (Å²) < 4.78 is 35.6. The van der Waals surface area contributed by atoms with Crippen molar-refractivity contribution in [3.05, 3.63) is 35.9 Å². The molecule has 1 aromatic rings. The first-order valence-electron chi connectivity index (χ1n) is 5.50. The van der Waals surface area contributed by atoms with E-state index in [1.54, 1.807) is 19.1 Å². The molecule has 102 valence electrons. The zero-order valence-electron chi connectivity index (χ0n) is 10.00. The highest BCUT2D eigenvalue weighted by Crippen LogP contribution is 2.29. The molecule has 0 aromatic heterocycles. The predicted molar refractivity (Wildman–Crippen MR) is 67.4 cm³/mol. The summed E-state index contributed by atoms with van der Waals surface area (Å²) in [5, 5.41) is 13.0. The molecule has 1 aromatic carbocycles. The molecule has 0 saturated heterocycles. The number of benzene rings is 1. The molecule has 0 radical (unpaired) electrons. The van der Waals surface area contributed by atoms with Crippen LogP contribution in [0.5, 0.6) is 0 Å². The third-order valence-corrected chi connectivity index (χ3v) is 3.15. The molecular weight excluding hydrogens is 263 g/mol. The second kappa shape index (κ2) is 6.45. The molecule has 2 nitrogen and oxygen atoms in total. The molecule has 18 heavy (non-hydrogen) atoms. The van der Waals surface area contributed by atoms with Crippen molar-refractivity contribution in [2.24, 2.45) is 0 Å². The highest BCUT2D eigenvalue weighted by atomic mass is 32.2. The first-order chi connectivity index (χ1) is 8.31. The fourth-order valence-electron chi connectivity index (χ4n) is 1.47. The zero-order chi connectivity index (χ0) is 13.6. The van der Waals surface area contributed by atoms with Crippen LogP contribution in [0.2, 0.25) is 0 Å². The summed E-state index contributed by atoms with van der Waals surface area (Å²) in [6.07, 6.45) is 0. The average Bonchev–Trinajstić information content (AvgIpc) is 2.28. The van der Waals surface area contributed by atoms with Gasteiger partial charge in [0.15, 0.2) is 0 Å². The smallest absolute Gasteiger partial charge is 0.384 e. The van der Waals surface area contributed by atoms with Crippen molar-refractivity contribution in [2.45, 2.75) is 18.0 Å². The van der Waals surface area contributed by atoms with E-state index >= 15 is 0 Å². The summed E-state index contributed by atoms with van der Waals surface area (Å²) in [4.78, 5) is 0. The number of nitrogens with one attached hydrogen (secondary N) is 1. The fraction of sp³-hybridized carbons (Fsp3) is 0.500. The maximum Gasteiger partial charge on any atom is 0.441 e. The Kier molecular flexibility index (Phi) is 5.49. The Morgan fingerprint density at radius 1 is 1.22 bits per heavy atom. The summed E-state index contributed by atoms with van der Waals surface area (Å²) in [7, 11) is 0. The molecule has 0 aliphatic carbocycles. The zero-order valence-corrected chi connectivity index (χ0v) is 10.8. The minimum Gasteiger partial charge on any atom is -0.384 e. The molecule has 0 fully saturated rings. The molecule has 0 aliphatic rings. The molecule has 0 heterocycles. The highest BCUT2D eigenvalue weighted by molar-refractivity contribution is 8.00. The van der Waals surface area contributed by atoms with Gasteiger partial charge in [-0.3, -0.25) is 0 Å². The molecule has 0 spiro atoms. The Morgan fingerprint density at radius 2 is 1.83 bits per heavy atom. The van der Waals surface area contributed by atoms with Crippen LogP contribution >= 0.6 is 11.8 Å². The van der Waals surface area contributed by atoms with Gasteiger partial charge in [-0.15, -0.1) is 0 Å². The number of aliphatic hydroxyl groups is 1. The van der Waals surface area contributed by atoms with Crippen LogP contribution in [0.4, 0.5) is 13.2 Å². The van der Waals surface area contributed by atoms with Gasteiger partial charge in [-0.05, 0) is 24.2 Å². The predicted octanol–water partition coefficient (Wildman–Crippen LogP) is 2.74. The first-order valence-corrected chi connectivity index (χ1v) is 6.49. The third-order valence-electron chi connectivity index (χ3n) is 2.41. The van der Waals surface area contributed by atoms with E-state index in [2.05, 4.69) is 5.32 Å². The third kappa shape index (κ3) is 5.75. The van der Waals surface area contributed by atoms with Crippen molar-refractivity contribution in [3.8, 4) is 0 Å². The lowest BCUT2D eigenvalue weighted by molar-refractivity contribution is -0.0327. The Bertz CT molecular complexity index is 354. The molecule has 1 unspecified atom stereocenters. The molecule has 1 rings (SSSR count). The summed E-state index contributed by atoms with van der Waals surface area (Å²) >= 11 is -0.0642. The Hall–Kier alpha value is -0.720. The summed E-state index contributed by atoms with van der Waals surface area (Å²) in [5.74, 6) is -0.0611. The standard InChI is InChI=1S/C12H16F3NOS/c1-11(17,10-5-3-2-4-6-10)9-16-7-8-18-12(13,14)15/h2-6,16-17H,7-9H2,1H3.